The van der Waals surface area contributed by atoms with Crippen LogP contribution in [0, 0.1) is 0 Å². The van der Waals surface area contributed by atoms with E-state index in [2.05, 4.69) is 17.1 Å². The van der Waals surface area contributed by atoms with Gasteiger partial charge in [0.15, 0.2) is 0 Å². The standard InChI is InChI=1S/C11H22N2O/c1-11(14-2)5-8-13(9-11)10-3-6-12-7-4-10/h10,12H,3-9H2,1-2H3. The molecule has 0 radical (unpaired) electrons. The summed E-state index contributed by atoms with van der Waals surface area (Å²) < 4.78 is 5.56. The first-order valence-electron chi connectivity index (χ1n) is 5.73. The fourth-order valence-corrected chi connectivity index (χ4v) is 2.62. The van der Waals surface area contributed by atoms with Gasteiger partial charge in [-0.15, -0.1) is 0 Å². The van der Waals surface area contributed by atoms with Crippen molar-refractivity contribution in [3.63, 3.8) is 0 Å². The van der Waals surface area contributed by atoms with Crippen molar-refractivity contribution < 1.29 is 4.74 Å². The van der Waals surface area contributed by atoms with E-state index in [4.69, 9.17) is 4.74 Å². The fraction of sp³-hybridized carbons (Fsp3) is 1.00. The average molecular weight is 198 g/mol. The highest BCUT2D eigenvalue weighted by atomic mass is 16.5. The molecule has 3 nitrogen and oxygen atoms in total. The molecule has 3 heteroatoms. The quantitative estimate of drug-likeness (QED) is 0.712. The van der Waals surface area contributed by atoms with Crippen molar-refractivity contribution in [2.45, 2.75) is 37.8 Å². The minimum absolute atomic E-state index is 0.116. The lowest BCUT2D eigenvalue weighted by Crippen LogP contribution is -2.43. The van der Waals surface area contributed by atoms with E-state index in [1.165, 1.54) is 38.9 Å². The molecule has 1 unspecified atom stereocenters. The van der Waals surface area contributed by atoms with Crippen molar-refractivity contribution in [1.29, 1.82) is 0 Å². The molecule has 0 saturated carbocycles. The summed E-state index contributed by atoms with van der Waals surface area (Å²) in [6.07, 6.45) is 3.80. The van der Waals surface area contributed by atoms with Gasteiger partial charge in [-0.3, -0.25) is 4.90 Å². The highest BCUT2D eigenvalue weighted by Gasteiger charge is 2.36. The van der Waals surface area contributed by atoms with E-state index in [-0.39, 0.29) is 5.60 Å². The predicted octanol–water partition coefficient (Wildman–Crippen LogP) is 0.849. The summed E-state index contributed by atoms with van der Waals surface area (Å²) in [6, 6.07) is 0.799. The highest BCUT2D eigenvalue weighted by Crippen LogP contribution is 2.27. The summed E-state index contributed by atoms with van der Waals surface area (Å²) in [4.78, 5) is 2.62. The van der Waals surface area contributed by atoms with Gasteiger partial charge in [0.05, 0.1) is 5.60 Å². The Kier molecular flexibility index (Phi) is 3.10. The number of ether oxygens (including phenoxy) is 1. The molecule has 0 aliphatic carbocycles. The maximum Gasteiger partial charge on any atom is 0.0789 e. The van der Waals surface area contributed by atoms with E-state index in [1.54, 1.807) is 0 Å². The molecule has 2 aliphatic rings. The van der Waals surface area contributed by atoms with E-state index in [9.17, 15) is 0 Å². The number of nitrogens with one attached hydrogen (secondary N) is 1. The summed E-state index contributed by atoms with van der Waals surface area (Å²) in [5.74, 6) is 0. The molecular weight excluding hydrogens is 176 g/mol. The van der Waals surface area contributed by atoms with Gasteiger partial charge < -0.3 is 10.1 Å². The Labute approximate surface area is 86.8 Å². The molecule has 2 saturated heterocycles. The molecule has 0 aromatic rings. The predicted molar refractivity (Wildman–Crippen MR) is 57.5 cm³/mol. The second-order valence-corrected chi connectivity index (χ2v) is 4.86. The topological polar surface area (TPSA) is 24.5 Å². The first-order chi connectivity index (χ1) is 6.73. The van der Waals surface area contributed by atoms with E-state index in [1.807, 2.05) is 7.11 Å². The van der Waals surface area contributed by atoms with Crippen molar-refractivity contribution in [1.82, 2.24) is 10.2 Å². The van der Waals surface area contributed by atoms with Crippen LogP contribution in [0.4, 0.5) is 0 Å². The third kappa shape index (κ3) is 2.10. The summed E-state index contributed by atoms with van der Waals surface area (Å²) >= 11 is 0. The monoisotopic (exact) mass is 198 g/mol. The SMILES string of the molecule is COC1(C)CCN(C2CCNCC2)C1. The maximum absolute atomic E-state index is 5.56. The number of methoxy groups -OCH3 is 1. The van der Waals surface area contributed by atoms with E-state index in [0.29, 0.717) is 0 Å². The smallest absolute Gasteiger partial charge is 0.0789 e. The summed E-state index contributed by atoms with van der Waals surface area (Å²) in [5, 5.41) is 3.41. The molecule has 2 heterocycles. The second-order valence-electron chi connectivity index (χ2n) is 4.86. The Morgan fingerprint density at radius 2 is 2.07 bits per heavy atom. The van der Waals surface area contributed by atoms with Crippen LogP contribution in [0.5, 0.6) is 0 Å². The van der Waals surface area contributed by atoms with Crippen LogP contribution in [-0.4, -0.2) is 49.8 Å². The van der Waals surface area contributed by atoms with Crippen LogP contribution in [0.2, 0.25) is 0 Å². The van der Waals surface area contributed by atoms with Gasteiger partial charge in [0.25, 0.3) is 0 Å². The van der Waals surface area contributed by atoms with E-state index < -0.39 is 0 Å². The van der Waals surface area contributed by atoms with Crippen molar-refractivity contribution in [2.24, 2.45) is 0 Å². The lowest BCUT2D eigenvalue weighted by atomic mass is 10.0. The molecule has 2 rings (SSSR count). The Morgan fingerprint density at radius 1 is 1.36 bits per heavy atom. The van der Waals surface area contributed by atoms with Crippen molar-refractivity contribution in [2.75, 3.05) is 33.3 Å². The summed E-state index contributed by atoms with van der Waals surface area (Å²) in [6.45, 7) is 6.94. The lowest BCUT2D eigenvalue weighted by molar-refractivity contribution is 0.00965. The molecule has 82 valence electrons. The molecule has 0 amide bonds. The van der Waals surface area contributed by atoms with E-state index in [0.717, 1.165) is 12.6 Å². The number of hydrogen-bond donors (Lipinski definition) is 1. The van der Waals surface area contributed by atoms with Crippen LogP contribution < -0.4 is 5.32 Å². The van der Waals surface area contributed by atoms with E-state index >= 15 is 0 Å². The number of hydrogen-bond acceptors (Lipinski definition) is 3. The third-order valence-electron chi connectivity index (χ3n) is 3.78. The summed E-state index contributed by atoms with van der Waals surface area (Å²) in [7, 11) is 1.84. The van der Waals surface area contributed by atoms with Crippen LogP contribution >= 0.6 is 0 Å². The molecule has 1 atom stereocenters. The Hall–Kier alpha value is -0.120. The Balaban J connectivity index is 1.88. The maximum atomic E-state index is 5.56. The number of rotatable bonds is 2. The second kappa shape index (κ2) is 4.17. The minimum atomic E-state index is 0.116. The molecule has 0 aromatic heterocycles. The fourth-order valence-electron chi connectivity index (χ4n) is 2.62. The molecule has 2 aliphatic heterocycles. The van der Waals surface area contributed by atoms with Crippen LogP contribution in [0.25, 0.3) is 0 Å². The Bertz CT molecular complexity index is 192. The van der Waals surface area contributed by atoms with Crippen molar-refractivity contribution in [3.8, 4) is 0 Å². The van der Waals surface area contributed by atoms with Crippen LogP contribution in [-0.2, 0) is 4.74 Å². The van der Waals surface area contributed by atoms with Crippen molar-refractivity contribution in [3.05, 3.63) is 0 Å². The molecule has 2 fully saturated rings. The largest absolute Gasteiger partial charge is 0.377 e. The lowest BCUT2D eigenvalue weighted by Gasteiger charge is -2.32. The first-order valence-corrected chi connectivity index (χ1v) is 5.73. The van der Waals surface area contributed by atoms with Gasteiger partial charge in [0.2, 0.25) is 0 Å². The molecule has 0 spiro atoms. The van der Waals surface area contributed by atoms with Gasteiger partial charge in [-0.1, -0.05) is 0 Å². The molecular formula is C11H22N2O. The van der Waals surface area contributed by atoms with Gasteiger partial charge in [0, 0.05) is 26.2 Å². The van der Waals surface area contributed by atoms with Gasteiger partial charge in [-0.05, 0) is 39.3 Å². The van der Waals surface area contributed by atoms with Crippen LogP contribution in [0.1, 0.15) is 26.2 Å². The van der Waals surface area contributed by atoms with Gasteiger partial charge in [0.1, 0.15) is 0 Å². The van der Waals surface area contributed by atoms with Gasteiger partial charge in [-0.2, -0.15) is 0 Å². The zero-order valence-electron chi connectivity index (χ0n) is 9.38. The molecule has 14 heavy (non-hydrogen) atoms. The third-order valence-corrected chi connectivity index (χ3v) is 3.78. The molecule has 0 bridgehead atoms. The Morgan fingerprint density at radius 3 is 2.64 bits per heavy atom. The zero-order valence-corrected chi connectivity index (χ0v) is 9.38. The zero-order chi connectivity index (χ0) is 10.0. The summed E-state index contributed by atoms with van der Waals surface area (Å²) in [5.41, 5.74) is 0.116. The minimum Gasteiger partial charge on any atom is -0.377 e. The van der Waals surface area contributed by atoms with Crippen LogP contribution in [0.3, 0.4) is 0 Å². The highest BCUT2D eigenvalue weighted by molar-refractivity contribution is 4.91. The number of nitrogens with zero attached hydrogens (tertiary/aromatic N) is 1. The van der Waals surface area contributed by atoms with Crippen molar-refractivity contribution >= 4 is 0 Å². The van der Waals surface area contributed by atoms with Crippen LogP contribution in [0.15, 0.2) is 0 Å². The van der Waals surface area contributed by atoms with Gasteiger partial charge >= 0.3 is 0 Å². The molecule has 1 N–H and O–H groups in total. The normalized spacial score (nSPS) is 36.4. The average Bonchev–Trinajstić information content (AvgIpc) is 2.63. The number of piperidine rings is 1. The van der Waals surface area contributed by atoms with Gasteiger partial charge in [-0.25, -0.2) is 0 Å². The molecule has 0 aromatic carbocycles. The first kappa shape index (κ1) is 10.4. The number of likely N-dealkylation sites (tertiary alicyclic amines) is 1.